The normalized spacial score (nSPS) is 15.9. The van der Waals surface area contributed by atoms with Crippen molar-refractivity contribution in [3.8, 4) is 5.75 Å². The molecular weight excluding hydrogens is 648 g/mol. The van der Waals surface area contributed by atoms with Gasteiger partial charge in [0.05, 0.1) is 16.6 Å². The third-order valence-electron chi connectivity index (χ3n) is 7.06. The molecule has 1 saturated heterocycles. The molecular formula is C30H34ClFN3O10P. The van der Waals surface area contributed by atoms with Crippen LogP contribution in [-0.4, -0.2) is 69.9 Å². The van der Waals surface area contributed by atoms with E-state index >= 15 is 0 Å². The lowest BCUT2D eigenvalue weighted by Crippen LogP contribution is -2.46. The van der Waals surface area contributed by atoms with E-state index in [1.807, 2.05) is 0 Å². The topological polar surface area (TPSA) is 163 Å². The molecule has 1 fully saturated rings. The van der Waals surface area contributed by atoms with E-state index in [-0.39, 0.29) is 41.1 Å². The Bertz CT molecular complexity index is 1680. The molecule has 2 heterocycles. The minimum atomic E-state index is -4.36. The summed E-state index contributed by atoms with van der Waals surface area (Å²) in [6, 6.07) is 8.29. The van der Waals surface area contributed by atoms with Gasteiger partial charge in [-0.25, -0.2) is 9.18 Å². The number of carbonyl (C=O) groups is 4. The van der Waals surface area contributed by atoms with E-state index in [1.165, 1.54) is 42.3 Å². The Morgan fingerprint density at radius 2 is 1.96 bits per heavy atom. The maximum absolute atomic E-state index is 14.3. The predicted octanol–water partition coefficient (Wildman–Crippen LogP) is 5.00. The largest absolute Gasteiger partial charge is 0.510 e. The monoisotopic (exact) mass is 681 g/mol. The van der Waals surface area contributed by atoms with E-state index in [0.29, 0.717) is 35.9 Å². The quantitative estimate of drug-likeness (QED) is 0.109. The van der Waals surface area contributed by atoms with Crippen LogP contribution in [0.25, 0.3) is 10.9 Å². The number of likely N-dealkylation sites (tertiary alicyclic amines) is 1. The van der Waals surface area contributed by atoms with Crippen LogP contribution in [0.5, 0.6) is 5.75 Å². The van der Waals surface area contributed by atoms with E-state index in [4.69, 9.17) is 25.6 Å². The maximum Gasteiger partial charge on any atom is 0.510 e. The molecule has 248 valence electrons. The Balaban J connectivity index is 1.43. The van der Waals surface area contributed by atoms with Crippen LogP contribution in [0.3, 0.4) is 0 Å². The molecule has 1 aromatic heterocycles. The lowest BCUT2D eigenvalue weighted by atomic mass is 10.1. The minimum absolute atomic E-state index is 0.0593. The van der Waals surface area contributed by atoms with Crippen LogP contribution in [0.4, 0.5) is 9.18 Å². The molecule has 2 aromatic carbocycles. The molecule has 1 aliphatic heterocycles. The summed E-state index contributed by atoms with van der Waals surface area (Å²) in [4.78, 5) is 61.8. The molecule has 4 rings (SSSR count). The second-order valence-corrected chi connectivity index (χ2v) is 13.0. The Hall–Kier alpha value is -3.97. The van der Waals surface area contributed by atoms with Crippen LogP contribution in [0.1, 0.15) is 49.5 Å². The molecule has 2 atom stereocenters. The standard InChI is InChI=1S/C30H34ClFN3O10P/c1-18(2)45-30(39)42-16-44-46(40,41)17-43-21-9-10-22-23(19(3)36)14-34(26(22)12-21)15-27(37)35-11-5-8-25(35)29(38)33-13-20-6-4-7-24(31)28(20)32/h4,6-7,9-10,12,14,18,25H,5,8,11,13,15-17H2,1-3H3,(H,33,38)(H,40,41)/t25-/m0/s1. The number of Topliss-reactive ketones (excluding diaryl/α,β-unsaturated/α-hetero) is 1. The molecule has 0 saturated carbocycles. The fourth-order valence-corrected chi connectivity index (χ4v) is 5.71. The highest BCUT2D eigenvalue weighted by atomic mass is 35.5. The number of ether oxygens (including phenoxy) is 3. The first kappa shape index (κ1) is 34.9. The smallest absolute Gasteiger partial charge is 0.481 e. The highest BCUT2D eigenvalue weighted by Crippen LogP contribution is 2.42. The number of fused-ring (bicyclic) bond motifs is 1. The average Bonchev–Trinajstić information content (AvgIpc) is 3.62. The number of halogens is 2. The first-order valence-electron chi connectivity index (χ1n) is 14.3. The van der Waals surface area contributed by atoms with Crippen LogP contribution in [-0.2, 0) is 41.2 Å². The van der Waals surface area contributed by atoms with E-state index in [1.54, 1.807) is 30.5 Å². The molecule has 0 bridgehead atoms. The zero-order valence-electron chi connectivity index (χ0n) is 25.4. The Morgan fingerprint density at radius 1 is 1.20 bits per heavy atom. The van der Waals surface area contributed by atoms with Crippen molar-refractivity contribution < 1.29 is 51.8 Å². The number of nitrogens with zero attached hydrogens (tertiary/aromatic N) is 2. The number of rotatable bonds is 13. The third kappa shape index (κ3) is 8.85. The van der Waals surface area contributed by atoms with Crippen molar-refractivity contribution in [3.63, 3.8) is 0 Å². The summed E-state index contributed by atoms with van der Waals surface area (Å²) in [6.45, 7) is 3.78. The van der Waals surface area contributed by atoms with Crippen molar-refractivity contribution in [1.29, 1.82) is 0 Å². The van der Waals surface area contributed by atoms with Crippen LogP contribution < -0.4 is 10.1 Å². The van der Waals surface area contributed by atoms with Gasteiger partial charge in [0.1, 0.15) is 24.2 Å². The number of benzene rings is 2. The number of nitrogens with one attached hydrogen (secondary N) is 1. The van der Waals surface area contributed by atoms with Crippen molar-refractivity contribution >= 4 is 53.9 Å². The molecule has 0 aliphatic carbocycles. The first-order valence-corrected chi connectivity index (χ1v) is 16.5. The lowest BCUT2D eigenvalue weighted by molar-refractivity contribution is -0.138. The average molecular weight is 682 g/mol. The van der Waals surface area contributed by atoms with Gasteiger partial charge >= 0.3 is 13.8 Å². The second kappa shape index (κ2) is 15.1. The molecule has 1 aliphatic rings. The van der Waals surface area contributed by atoms with Gasteiger partial charge in [-0.15, -0.1) is 0 Å². The van der Waals surface area contributed by atoms with Crippen molar-refractivity contribution in [3.05, 3.63) is 64.6 Å². The van der Waals surface area contributed by atoms with Crippen molar-refractivity contribution in [2.24, 2.45) is 0 Å². The molecule has 16 heteroatoms. The third-order valence-corrected chi connectivity index (χ3v) is 8.31. The van der Waals surface area contributed by atoms with Gasteiger partial charge in [0.15, 0.2) is 12.1 Å². The van der Waals surface area contributed by atoms with Gasteiger partial charge in [-0.2, -0.15) is 0 Å². The highest BCUT2D eigenvalue weighted by Gasteiger charge is 2.34. The summed E-state index contributed by atoms with van der Waals surface area (Å²) < 4.78 is 47.7. The molecule has 2 N–H and O–H groups in total. The van der Waals surface area contributed by atoms with Crippen LogP contribution in [0.15, 0.2) is 42.6 Å². The molecule has 13 nitrogen and oxygen atoms in total. The van der Waals surface area contributed by atoms with E-state index in [9.17, 15) is 33.0 Å². The number of hydrogen-bond donors (Lipinski definition) is 2. The molecule has 0 radical (unpaired) electrons. The van der Waals surface area contributed by atoms with Crippen LogP contribution in [0.2, 0.25) is 5.02 Å². The fourth-order valence-electron chi connectivity index (χ4n) is 4.91. The minimum Gasteiger partial charge on any atom is -0.481 e. The molecule has 46 heavy (non-hydrogen) atoms. The fraction of sp³-hybridized carbons (Fsp3) is 0.400. The predicted molar refractivity (Wildman–Crippen MR) is 164 cm³/mol. The lowest BCUT2D eigenvalue weighted by Gasteiger charge is -2.24. The zero-order chi connectivity index (χ0) is 33.6. The Labute approximate surface area is 269 Å². The summed E-state index contributed by atoms with van der Waals surface area (Å²) >= 11 is 5.83. The second-order valence-electron chi connectivity index (χ2n) is 10.8. The van der Waals surface area contributed by atoms with Gasteiger partial charge in [-0.1, -0.05) is 23.7 Å². The van der Waals surface area contributed by atoms with Crippen molar-refractivity contribution in [2.75, 3.05) is 19.7 Å². The van der Waals surface area contributed by atoms with E-state index < -0.39 is 50.8 Å². The maximum atomic E-state index is 14.3. The molecule has 0 spiro atoms. The molecule has 1 unspecified atom stereocenters. The van der Waals surface area contributed by atoms with Crippen LogP contribution in [0, 0.1) is 5.82 Å². The van der Waals surface area contributed by atoms with Crippen LogP contribution >= 0.6 is 19.2 Å². The summed E-state index contributed by atoms with van der Waals surface area (Å²) in [5.41, 5.74) is 0.991. The first-order chi connectivity index (χ1) is 21.8. The SMILES string of the molecule is CC(=O)c1cn(CC(=O)N2CCC[C@H]2C(=O)NCc2cccc(Cl)c2F)c2cc(OCP(=O)(O)OCOC(=O)OC(C)C)ccc12. The van der Waals surface area contributed by atoms with Gasteiger partial charge in [0, 0.05) is 41.9 Å². The highest BCUT2D eigenvalue weighted by molar-refractivity contribution is 7.52. The summed E-state index contributed by atoms with van der Waals surface area (Å²) in [6.07, 6.45) is 0.238. The van der Waals surface area contributed by atoms with Crippen molar-refractivity contribution in [2.45, 2.75) is 58.8 Å². The Morgan fingerprint density at radius 3 is 2.67 bits per heavy atom. The number of ketones is 1. The number of aromatic nitrogens is 1. The molecule has 3 aromatic rings. The van der Waals surface area contributed by atoms with Gasteiger partial charge < -0.3 is 33.9 Å². The van der Waals surface area contributed by atoms with Crippen molar-refractivity contribution in [1.82, 2.24) is 14.8 Å². The van der Waals surface area contributed by atoms with Gasteiger partial charge in [-0.3, -0.25) is 23.5 Å². The zero-order valence-corrected chi connectivity index (χ0v) is 27.0. The summed E-state index contributed by atoms with van der Waals surface area (Å²) in [5.74, 6) is -1.55. The summed E-state index contributed by atoms with van der Waals surface area (Å²) in [7, 11) is -4.36. The van der Waals surface area contributed by atoms with Gasteiger partial charge in [0.2, 0.25) is 18.6 Å². The number of carbonyl (C=O) groups excluding carboxylic acids is 4. The van der Waals surface area contributed by atoms with Gasteiger partial charge in [-0.05, 0) is 51.8 Å². The number of hydrogen-bond acceptors (Lipinski definition) is 9. The molecule has 2 amide bonds. The number of amides is 2. The summed E-state index contributed by atoms with van der Waals surface area (Å²) in [5, 5.41) is 3.14. The Kier molecular flexibility index (Phi) is 11.4. The van der Waals surface area contributed by atoms with E-state index in [2.05, 4.69) is 10.1 Å². The van der Waals surface area contributed by atoms with Gasteiger partial charge in [0.25, 0.3) is 0 Å². The van der Waals surface area contributed by atoms with E-state index in [0.717, 1.165) is 0 Å².